The number of aliphatic hydroxyl groups is 1. The van der Waals surface area contributed by atoms with E-state index in [0.29, 0.717) is 24.2 Å². The maximum Gasteiger partial charge on any atom is 0.357 e. The number of phenolic OH excluding ortho intramolecular Hbond substituents is 1. The van der Waals surface area contributed by atoms with Gasteiger partial charge in [0.05, 0.1) is 11.0 Å². The lowest BCUT2D eigenvalue weighted by atomic mass is 9.50. The van der Waals surface area contributed by atoms with E-state index in [4.69, 9.17) is 14.2 Å². The van der Waals surface area contributed by atoms with Crippen LogP contribution in [0.15, 0.2) is 54.3 Å². The van der Waals surface area contributed by atoms with Gasteiger partial charge in [0.15, 0.2) is 17.6 Å². The Labute approximate surface area is 304 Å². The van der Waals surface area contributed by atoms with Gasteiger partial charge in [0.1, 0.15) is 5.76 Å². The highest BCUT2D eigenvalue weighted by atomic mass is 16.6. The summed E-state index contributed by atoms with van der Waals surface area (Å²) in [5.74, 6) is -0.472. The number of carbonyl (C=O) groups excluding carboxylic acids is 2. The molecule has 2 aromatic rings. The van der Waals surface area contributed by atoms with Crippen LogP contribution in [-0.2, 0) is 30.9 Å². The van der Waals surface area contributed by atoms with Gasteiger partial charge in [-0.05, 0) is 50.6 Å². The summed E-state index contributed by atoms with van der Waals surface area (Å²) in [6.45, 7) is 2.99. The first-order chi connectivity index (χ1) is 24.8. The molecular formula is C43H59NO7. The fourth-order valence-corrected chi connectivity index (χ4v) is 9.32. The number of esters is 2. The lowest BCUT2D eigenvalue weighted by Crippen LogP contribution is -2.74. The van der Waals surface area contributed by atoms with Crippen molar-refractivity contribution in [3.63, 3.8) is 0 Å². The Morgan fingerprint density at radius 2 is 1.53 bits per heavy atom. The van der Waals surface area contributed by atoms with E-state index < -0.39 is 35.2 Å². The van der Waals surface area contributed by atoms with Crippen molar-refractivity contribution in [3.8, 4) is 11.5 Å². The highest BCUT2D eigenvalue weighted by Gasteiger charge is 2.72. The average molecular weight is 702 g/mol. The van der Waals surface area contributed by atoms with Gasteiger partial charge in [-0.3, -0.25) is 4.79 Å². The van der Waals surface area contributed by atoms with Gasteiger partial charge in [0.2, 0.25) is 6.10 Å². The fraction of sp³-hybridized carbons (Fsp3) is 0.628. The molecule has 2 heterocycles. The molecule has 0 saturated carbocycles. The van der Waals surface area contributed by atoms with E-state index in [1.54, 1.807) is 36.4 Å². The standard InChI is InChI=1S/C43H59NO7/c1-3-4-5-6-7-8-9-10-11-12-13-14-15-16-20-23-36(46)50-38(31-21-18-17-19-22-31)41(47)49-34-26-27-43(48)35-30-32-24-25-33(45)39-37(32)42(43,40(34)51-39)28-29-44(35)2/h17-19,21-22,24-26,35,38,40,45,48H,3-16,20,23,27-30H2,1-2H3/t35-,38+,40?,42?,43-/m1/s1. The van der Waals surface area contributed by atoms with E-state index in [9.17, 15) is 19.8 Å². The Morgan fingerprint density at radius 3 is 2.18 bits per heavy atom. The van der Waals surface area contributed by atoms with E-state index in [2.05, 4.69) is 11.8 Å². The van der Waals surface area contributed by atoms with Gasteiger partial charge < -0.3 is 29.3 Å². The summed E-state index contributed by atoms with van der Waals surface area (Å²) in [5.41, 5.74) is 0.365. The monoisotopic (exact) mass is 701 g/mol. The number of likely N-dealkylation sites (N-methyl/N-ethyl adjacent to an activating group) is 1. The molecule has 2 aromatic carbocycles. The summed E-state index contributed by atoms with van der Waals surface area (Å²) in [6.07, 6.45) is 20.2. The molecule has 6 rings (SSSR count). The van der Waals surface area contributed by atoms with Crippen LogP contribution in [0, 0.1) is 0 Å². The fourth-order valence-electron chi connectivity index (χ4n) is 9.32. The Kier molecular flexibility index (Phi) is 12.5. The minimum Gasteiger partial charge on any atom is -0.504 e. The lowest BCUT2D eigenvalue weighted by molar-refractivity contribution is -0.176. The Hall–Kier alpha value is -3.36. The van der Waals surface area contributed by atoms with Crippen LogP contribution in [0.25, 0.3) is 0 Å². The molecular weight excluding hydrogens is 642 g/mol. The smallest absolute Gasteiger partial charge is 0.357 e. The molecule has 278 valence electrons. The van der Waals surface area contributed by atoms with Gasteiger partial charge in [-0.25, -0.2) is 4.79 Å². The molecule has 5 atom stereocenters. The van der Waals surface area contributed by atoms with Crippen molar-refractivity contribution in [1.82, 2.24) is 4.90 Å². The second-order valence-corrected chi connectivity index (χ2v) is 15.5. The second kappa shape index (κ2) is 17.0. The molecule has 2 unspecified atom stereocenters. The number of piperidine rings is 1. The Morgan fingerprint density at radius 1 is 0.902 bits per heavy atom. The summed E-state index contributed by atoms with van der Waals surface area (Å²) in [6, 6.07) is 12.4. The van der Waals surface area contributed by atoms with Gasteiger partial charge in [-0.1, -0.05) is 133 Å². The van der Waals surface area contributed by atoms with E-state index >= 15 is 0 Å². The SMILES string of the molecule is CCCCCCCCCCCCCCCCCC(=O)O[C@H](C(=O)OC1=CC[C@@]2(O)[C@H]3Cc4ccc(O)c5c4C2(CCN3C)C1O5)c1ccccc1. The summed E-state index contributed by atoms with van der Waals surface area (Å²) >= 11 is 0. The first-order valence-electron chi connectivity index (χ1n) is 19.9. The van der Waals surface area contributed by atoms with Crippen LogP contribution in [0.1, 0.15) is 145 Å². The third kappa shape index (κ3) is 7.73. The molecule has 2 bridgehead atoms. The third-order valence-corrected chi connectivity index (χ3v) is 12.1. The number of benzene rings is 2. The number of aromatic hydroxyl groups is 1. The van der Waals surface area contributed by atoms with Crippen molar-refractivity contribution in [2.45, 2.75) is 158 Å². The van der Waals surface area contributed by atoms with Crippen molar-refractivity contribution >= 4 is 11.9 Å². The van der Waals surface area contributed by atoms with E-state index in [0.717, 1.165) is 36.9 Å². The Balaban J connectivity index is 1.01. The maximum atomic E-state index is 13.9. The highest BCUT2D eigenvalue weighted by molar-refractivity contribution is 5.82. The molecule has 0 aromatic heterocycles. The predicted molar refractivity (Wildman–Crippen MR) is 198 cm³/mol. The molecule has 8 nitrogen and oxygen atoms in total. The summed E-state index contributed by atoms with van der Waals surface area (Å²) < 4.78 is 18.4. The molecule has 4 aliphatic rings. The molecule has 2 aliphatic carbocycles. The zero-order chi connectivity index (χ0) is 35.8. The molecule has 2 aliphatic heterocycles. The summed E-state index contributed by atoms with van der Waals surface area (Å²) in [5, 5.41) is 23.3. The van der Waals surface area contributed by atoms with Crippen LogP contribution in [0.4, 0.5) is 0 Å². The normalized spacial score (nSPS) is 25.0. The zero-order valence-electron chi connectivity index (χ0n) is 30.9. The maximum absolute atomic E-state index is 13.9. The Bertz CT molecular complexity index is 1520. The third-order valence-electron chi connectivity index (χ3n) is 12.1. The van der Waals surface area contributed by atoms with Gasteiger partial charge in [0.25, 0.3) is 0 Å². The van der Waals surface area contributed by atoms with Crippen molar-refractivity contribution in [2.24, 2.45) is 0 Å². The van der Waals surface area contributed by atoms with E-state index in [1.807, 2.05) is 19.2 Å². The molecule has 1 saturated heterocycles. The number of carbonyl (C=O) groups is 2. The zero-order valence-corrected chi connectivity index (χ0v) is 30.9. The minimum absolute atomic E-state index is 0.0119. The van der Waals surface area contributed by atoms with Crippen molar-refractivity contribution < 1.29 is 34.0 Å². The van der Waals surface area contributed by atoms with Gasteiger partial charge in [-0.2, -0.15) is 0 Å². The minimum atomic E-state index is -1.24. The number of likely N-dealkylation sites (tertiary alicyclic amines) is 1. The molecule has 0 radical (unpaired) electrons. The molecule has 0 amide bonds. The quantitative estimate of drug-likeness (QED) is 0.104. The van der Waals surface area contributed by atoms with Crippen LogP contribution in [0.2, 0.25) is 0 Å². The first-order valence-corrected chi connectivity index (χ1v) is 19.9. The molecule has 2 N–H and O–H groups in total. The van der Waals surface area contributed by atoms with Crippen LogP contribution >= 0.6 is 0 Å². The van der Waals surface area contributed by atoms with Crippen molar-refractivity contribution in [3.05, 3.63) is 71.0 Å². The molecule has 1 fully saturated rings. The van der Waals surface area contributed by atoms with E-state index in [-0.39, 0.29) is 30.4 Å². The van der Waals surface area contributed by atoms with Crippen LogP contribution in [-0.4, -0.2) is 58.4 Å². The highest BCUT2D eigenvalue weighted by Crippen LogP contribution is 2.65. The summed E-state index contributed by atoms with van der Waals surface area (Å²) in [4.78, 5) is 29.2. The number of ether oxygens (including phenoxy) is 3. The molecule has 8 heteroatoms. The number of unbranched alkanes of at least 4 members (excludes halogenated alkanes) is 14. The van der Waals surface area contributed by atoms with Gasteiger partial charge in [0, 0.05) is 30.0 Å². The topological polar surface area (TPSA) is 106 Å². The second-order valence-electron chi connectivity index (χ2n) is 15.5. The molecule has 51 heavy (non-hydrogen) atoms. The van der Waals surface area contributed by atoms with Crippen LogP contribution < -0.4 is 4.74 Å². The average Bonchev–Trinajstić information content (AvgIpc) is 3.49. The largest absolute Gasteiger partial charge is 0.504 e. The summed E-state index contributed by atoms with van der Waals surface area (Å²) in [7, 11) is 2.03. The molecule has 1 spiro atoms. The van der Waals surface area contributed by atoms with Crippen molar-refractivity contribution in [1.29, 1.82) is 0 Å². The number of hydrogen-bond acceptors (Lipinski definition) is 8. The predicted octanol–water partition coefficient (Wildman–Crippen LogP) is 8.76. The lowest BCUT2D eigenvalue weighted by Gasteiger charge is -2.61. The number of hydrogen-bond donors (Lipinski definition) is 2. The van der Waals surface area contributed by atoms with Crippen molar-refractivity contribution in [2.75, 3.05) is 13.6 Å². The van der Waals surface area contributed by atoms with Gasteiger partial charge >= 0.3 is 11.9 Å². The first kappa shape index (κ1) is 37.4. The number of phenols is 1. The number of rotatable bonds is 20. The van der Waals surface area contributed by atoms with Gasteiger partial charge in [-0.15, -0.1) is 0 Å². The van der Waals surface area contributed by atoms with Crippen LogP contribution in [0.3, 0.4) is 0 Å². The van der Waals surface area contributed by atoms with Crippen LogP contribution in [0.5, 0.6) is 11.5 Å². The van der Waals surface area contributed by atoms with E-state index in [1.165, 1.54) is 77.0 Å². The number of nitrogens with zero attached hydrogens (tertiary/aromatic N) is 1.